The minimum atomic E-state index is -3.15. The second-order valence-corrected chi connectivity index (χ2v) is 3.90. The fourth-order valence-corrected chi connectivity index (χ4v) is 0.433. The molecule has 0 saturated heterocycles. The minimum absolute atomic E-state index is 0.323. The van der Waals surface area contributed by atoms with E-state index in [1.807, 2.05) is 0 Å². The van der Waals surface area contributed by atoms with Crippen LogP contribution in [0.4, 0.5) is 0 Å². The zero-order valence-electron chi connectivity index (χ0n) is 4.51. The number of hydrogen-bond acceptors (Lipinski definition) is 3. The predicted octanol–water partition coefficient (Wildman–Crippen LogP) is 0.132. The van der Waals surface area contributed by atoms with Crippen molar-refractivity contribution >= 4 is 7.94 Å². The van der Waals surface area contributed by atoms with Crippen LogP contribution in [0.2, 0.25) is 0 Å². The van der Waals surface area contributed by atoms with Gasteiger partial charge in [0.15, 0.2) is 0 Å². The Balaban J connectivity index is 3.36. The molecule has 0 unspecified atom stereocenters. The second kappa shape index (κ2) is 2.58. The van der Waals surface area contributed by atoms with Gasteiger partial charge in [0.05, 0.1) is 0 Å². The Morgan fingerprint density at radius 2 is 2.00 bits per heavy atom. The molecule has 0 aromatic heterocycles. The molecule has 0 atom stereocenters. The van der Waals surface area contributed by atoms with Crippen LogP contribution in [0.1, 0.15) is 6.92 Å². The summed E-state index contributed by atoms with van der Waals surface area (Å²) < 4.78 is 4.34. The van der Waals surface area contributed by atoms with Crippen molar-refractivity contribution in [2.45, 2.75) is 6.92 Å². The third kappa shape index (κ3) is 2.94. The topological polar surface area (TPSA) is 49.7 Å². The molecule has 0 aliphatic rings. The van der Waals surface area contributed by atoms with Gasteiger partial charge in [0.25, 0.3) is 0 Å². The van der Waals surface area contributed by atoms with Crippen molar-refractivity contribution in [3.63, 3.8) is 0 Å². The fraction of sp³-hybridized carbons (Fsp3) is 1.00. The SMILES string of the molecule is CC[PH](O)(O)OC. The van der Waals surface area contributed by atoms with Crippen LogP contribution in [0.5, 0.6) is 0 Å². The molecular weight excluding hydrogens is 115 g/mol. The molecule has 0 aromatic rings. The van der Waals surface area contributed by atoms with Gasteiger partial charge >= 0.3 is 42.4 Å². The molecule has 4 heteroatoms. The van der Waals surface area contributed by atoms with E-state index in [2.05, 4.69) is 4.52 Å². The van der Waals surface area contributed by atoms with Crippen LogP contribution >= 0.6 is 7.94 Å². The molecule has 0 amide bonds. The molecule has 0 rings (SSSR count). The van der Waals surface area contributed by atoms with Crippen molar-refractivity contribution < 1.29 is 14.3 Å². The summed E-state index contributed by atoms with van der Waals surface area (Å²) in [6, 6.07) is 0. The van der Waals surface area contributed by atoms with Crippen LogP contribution in [0.15, 0.2) is 0 Å². The summed E-state index contributed by atoms with van der Waals surface area (Å²) in [7, 11) is -1.85. The molecule has 0 spiro atoms. The first-order chi connectivity index (χ1) is 3.12. The van der Waals surface area contributed by atoms with Crippen LogP contribution < -0.4 is 0 Å². The van der Waals surface area contributed by atoms with E-state index in [0.29, 0.717) is 6.16 Å². The van der Waals surface area contributed by atoms with Gasteiger partial charge in [0.1, 0.15) is 0 Å². The molecule has 3 nitrogen and oxygen atoms in total. The summed E-state index contributed by atoms with van der Waals surface area (Å²) in [6.07, 6.45) is 0.323. The zero-order chi connectivity index (χ0) is 5.91. The van der Waals surface area contributed by atoms with Gasteiger partial charge in [-0.15, -0.1) is 0 Å². The Hall–Kier alpha value is 0.310. The van der Waals surface area contributed by atoms with Crippen molar-refractivity contribution in [2.24, 2.45) is 0 Å². The van der Waals surface area contributed by atoms with Crippen LogP contribution in [-0.4, -0.2) is 23.1 Å². The first kappa shape index (κ1) is 7.31. The third-order valence-corrected chi connectivity index (χ3v) is 2.36. The summed E-state index contributed by atoms with van der Waals surface area (Å²) in [5.74, 6) is 0. The molecule has 0 bridgehead atoms. The zero-order valence-corrected chi connectivity index (χ0v) is 5.51. The standard InChI is InChI=1S/C3H11O3P/c1-3-7(4,5)6-2/h4-5,7H,3H2,1-2H3. The van der Waals surface area contributed by atoms with Crippen molar-refractivity contribution in [2.75, 3.05) is 13.3 Å². The summed E-state index contributed by atoms with van der Waals surface area (Å²) >= 11 is 0. The number of rotatable bonds is 2. The Bertz CT molecular complexity index is 48.1. The van der Waals surface area contributed by atoms with E-state index in [1.54, 1.807) is 6.92 Å². The Labute approximate surface area is 43.5 Å². The first-order valence-electron chi connectivity index (χ1n) is 2.12. The second-order valence-electron chi connectivity index (χ2n) is 1.30. The van der Waals surface area contributed by atoms with Crippen LogP contribution in [0.3, 0.4) is 0 Å². The van der Waals surface area contributed by atoms with Crippen molar-refractivity contribution in [1.82, 2.24) is 0 Å². The fourth-order valence-electron chi connectivity index (χ4n) is 0.144. The maximum absolute atomic E-state index is 8.60. The monoisotopic (exact) mass is 126 g/mol. The van der Waals surface area contributed by atoms with Gasteiger partial charge in [-0.2, -0.15) is 0 Å². The maximum atomic E-state index is 8.60. The molecule has 0 aromatic carbocycles. The molecule has 0 saturated carbocycles. The van der Waals surface area contributed by atoms with E-state index < -0.39 is 7.94 Å². The van der Waals surface area contributed by atoms with Crippen molar-refractivity contribution in [1.29, 1.82) is 0 Å². The summed E-state index contributed by atoms with van der Waals surface area (Å²) in [5, 5.41) is 0. The van der Waals surface area contributed by atoms with Crippen LogP contribution in [-0.2, 0) is 4.52 Å². The normalized spacial score (nSPS) is 14.3. The van der Waals surface area contributed by atoms with Crippen molar-refractivity contribution in [3.05, 3.63) is 0 Å². The molecule has 0 aliphatic heterocycles. The Morgan fingerprint density at radius 1 is 1.57 bits per heavy atom. The summed E-state index contributed by atoms with van der Waals surface area (Å²) in [6.45, 7) is 1.68. The molecular formula is C3H11O3P. The van der Waals surface area contributed by atoms with E-state index >= 15 is 0 Å². The molecule has 0 aliphatic carbocycles. The van der Waals surface area contributed by atoms with E-state index in [9.17, 15) is 0 Å². The van der Waals surface area contributed by atoms with Gasteiger partial charge in [-0.1, -0.05) is 0 Å². The quantitative estimate of drug-likeness (QED) is 0.517. The van der Waals surface area contributed by atoms with E-state index in [0.717, 1.165) is 0 Å². The molecule has 0 fully saturated rings. The van der Waals surface area contributed by atoms with Gasteiger partial charge < -0.3 is 0 Å². The van der Waals surface area contributed by atoms with Crippen molar-refractivity contribution in [3.8, 4) is 0 Å². The molecule has 46 valence electrons. The van der Waals surface area contributed by atoms with E-state index in [4.69, 9.17) is 9.79 Å². The van der Waals surface area contributed by atoms with Crippen LogP contribution in [0.25, 0.3) is 0 Å². The van der Waals surface area contributed by atoms with Gasteiger partial charge in [-0.25, -0.2) is 0 Å². The average molecular weight is 126 g/mol. The average Bonchev–Trinajstić information content (AvgIpc) is 1.68. The van der Waals surface area contributed by atoms with Gasteiger partial charge in [-0.3, -0.25) is 0 Å². The third-order valence-electron chi connectivity index (χ3n) is 0.787. The van der Waals surface area contributed by atoms with Gasteiger partial charge in [0, 0.05) is 0 Å². The predicted molar refractivity (Wildman–Crippen MR) is 30.3 cm³/mol. The first-order valence-corrected chi connectivity index (χ1v) is 4.13. The molecule has 7 heavy (non-hydrogen) atoms. The Kier molecular flexibility index (Phi) is 2.69. The van der Waals surface area contributed by atoms with Gasteiger partial charge in [0.2, 0.25) is 0 Å². The Morgan fingerprint density at radius 3 is 2.00 bits per heavy atom. The molecule has 0 heterocycles. The molecule has 2 N–H and O–H groups in total. The summed E-state index contributed by atoms with van der Waals surface area (Å²) in [4.78, 5) is 17.2. The molecule has 0 radical (unpaired) electrons. The summed E-state index contributed by atoms with van der Waals surface area (Å²) in [5.41, 5.74) is 0. The van der Waals surface area contributed by atoms with E-state index in [-0.39, 0.29) is 0 Å². The van der Waals surface area contributed by atoms with Gasteiger partial charge in [-0.05, 0) is 0 Å². The van der Waals surface area contributed by atoms with Crippen LogP contribution in [0, 0.1) is 0 Å². The van der Waals surface area contributed by atoms with E-state index in [1.165, 1.54) is 7.11 Å². The number of hydrogen-bond donors (Lipinski definition) is 2.